The van der Waals surface area contributed by atoms with Crippen molar-refractivity contribution >= 4 is 11.8 Å². The van der Waals surface area contributed by atoms with Gasteiger partial charge in [0.05, 0.1) is 18.3 Å². The fraction of sp³-hybridized carbons (Fsp3) is 0.700. The third-order valence-corrected chi connectivity index (χ3v) is 3.20. The molecule has 4 heteroatoms. The van der Waals surface area contributed by atoms with Crippen LogP contribution in [0.2, 0.25) is 0 Å². The Morgan fingerprint density at radius 1 is 1.43 bits per heavy atom. The highest BCUT2D eigenvalue weighted by Crippen LogP contribution is 2.12. The van der Waals surface area contributed by atoms with E-state index < -0.39 is 0 Å². The molecule has 14 heavy (non-hydrogen) atoms. The highest BCUT2D eigenvalue weighted by Gasteiger charge is 2.10. The average Bonchev–Trinajstić information content (AvgIpc) is 2.34. The summed E-state index contributed by atoms with van der Waals surface area (Å²) in [4.78, 5) is 0. The molecule has 80 valence electrons. The lowest BCUT2D eigenvalue weighted by atomic mass is 10.2. The van der Waals surface area contributed by atoms with Gasteiger partial charge in [-0.15, -0.1) is 0 Å². The summed E-state index contributed by atoms with van der Waals surface area (Å²) in [6.45, 7) is 6.71. The van der Waals surface area contributed by atoms with Crippen molar-refractivity contribution in [2.75, 3.05) is 12.0 Å². The third kappa shape index (κ3) is 2.51. The van der Waals surface area contributed by atoms with Gasteiger partial charge < -0.3 is 5.11 Å². The van der Waals surface area contributed by atoms with Crippen molar-refractivity contribution in [3.8, 4) is 0 Å². The highest BCUT2D eigenvalue weighted by atomic mass is 32.2. The molecule has 0 saturated heterocycles. The largest absolute Gasteiger partial charge is 0.390 e. The summed E-state index contributed by atoms with van der Waals surface area (Å²) in [7, 11) is 0. The Bertz CT molecular complexity index is 309. The molecular weight excluding hydrogens is 196 g/mol. The smallest absolute Gasteiger partial charge is 0.0826 e. The van der Waals surface area contributed by atoms with Gasteiger partial charge in [-0.05, 0) is 32.6 Å². The number of aliphatic hydroxyl groups is 1. The number of nitrogens with zero attached hydrogens (tertiary/aromatic N) is 2. The van der Waals surface area contributed by atoms with Crippen LogP contribution in [0, 0.1) is 20.8 Å². The van der Waals surface area contributed by atoms with Crippen LogP contribution in [0.15, 0.2) is 0 Å². The predicted molar refractivity (Wildman–Crippen MR) is 60.8 cm³/mol. The van der Waals surface area contributed by atoms with Crippen LogP contribution in [0.5, 0.6) is 0 Å². The van der Waals surface area contributed by atoms with Gasteiger partial charge in [-0.3, -0.25) is 4.68 Å². The van der Waals surface area contributed by atoms with Crippen molar-refractivity contribution < 1.29 is 5.11 Å². The lowest BCUT2D eigenvalue weighted by Crippen LogP contribution is -2.20. The Balaban J connectivity index is 2.72. The Morgan fingerprint density at radius 3 is 2.50 bits per heavy atom. The van der Waals surface area contributed by atoms with E-state index in [1.165, 1.54) is 5.56 Å². The molecule has 0 saturated carbocycles. The lowest BCUT2D eigenvalue weighted by molar-refractivity contribution is 0.172. The van der Waals surface area contributed by atoms with Crippen molar-refractivity contribution in [1.29, 1.82) is 0 Å². The zero-order valence-electron chi connectivity index (χ0n) is 9.24. The maximum absolute atomic E-state index is 9.65. The predicted octanol–water partition coefficient (Wildman–Crippen LogP) is 1.53. The first kappa shape index (κ1) is 11.6. The maximum Gasteiger partial charge on any atom is 0.0826 e. The molecular formula is C10H18N2OS. The van der Waals surface area contributed by atoms with Crippen molar-refractivity contribution in [1.82, 2.24) is 9.78 Å². The van der Waals surface area contributed by atoms with E-state index in [9.17, 15) is 5.11 Å². The topological polar surface area (TPSA) is 38.0 Å². The van der Waals surface area contributed by atoms with Crippen LogP contribution in [0.4, 0.5) is 0 Å². The quantitative estimate of drug-likeness (QED) is 0.826. The summed E-state index contributed by atoms with van der Waals surface area (Å²) in [5, 5.41) is 14.0. The molecule has 1 aromatic heterocycles. The Labute approximate surface area is 89.5 Å². The number of hydrogen-bond donors (Lipinski definition) is 1. The van der Waals surface area contributed by atoms with Crippen LogP contribution >= 0.6 is 11.8 Å². The van der Waals surface area contributed by atoms with Gasteiger partial charge >= 0.3 is 0 Å². The number of thioether (sulfide) groups is 1. The standard InChI is InChI=1S/C10H18N2OS/c1-7-8(2)11-12(9(7)3)5-10(13)6-14-4/h10,13H,5-6H2,1-4H3. The van der Waals surface area contributed by atoms with Crippen LogP contribution in [-0.4, -0.2) is 33.0 Å². The van der Waals surface area contributed by atoms with Gasteiger partial charge in [-0.1, -0.05) is 0 Å². The number of hydrogen-bond acceptors (Lipinski definition) is 3. The summed E-state index contributed by atoms with van der Waals surface area (Å²) < 4.78 is 1.89. The number of rotatable bonds is 4. The molecule has 3 nitrogen and oxygen atoms in total. The monoisotopic (exact) mass is 214 g/mol. The maximum atomic E-state index is 9.65. The Morgan fingerprint density at radius 2 is 2.07 bits per heavy atom. The van der Waals surface area contributed by atoms with Crippen LogP contribution in [0.1, 0.15) is 17.0 Å². The summed E-state index contributed by atoms with van der Waals surface area (Å²) >= 11 is 1.65. The molecule has 0 fully saturated rings. The molecule has 0 amide bonds. The first-order chi connectivity index (χ1) is 6.56. The molecule has 1 atom stereocenters. The van der Waals surface area contributed by atoms with E-state index in [1.54, 1.807) is 11.8 Å². The molecule has 0 aromatic carbocycles. The van der Waals surface area contributed by atoms with Gasteiger partial charge in [0, 0.05) is 11.4 Å². The van der Waals surface area contributed by atoms with E-state index >= 15 is 0 Å². The molecule has 1 heterocycles. The van der Waals surface area contributed by atoms with Crippen LogP contribution < -0.4 is 0 Å². The third-order valence-electron chi connectivity index (χ3n) is 2.49. The van der Waals surface area contributed by atoms with E-state index in [0.29, 0.717) is 6.54 Å². The van der Waals surface area contributed by atoms with Gasteiger partial charge in [0.2, 0.25) is 0 Å². The van der Waals surface area contributed by atoms with Crippen LogP contribution in [0.3, 0.4) is 0 Å². The average molecular weight is 214 g/mol. The molecule has 0 spiro atoms. The van der Waals surface area contributed by atoms with Gasteiger partial charge in [0.1, 0.15) is 0 Å². The molecule has 0 aliphatic carbocycles. The molecule has 1 rings (SSSR count). The SMILES string of the molecule is CSCC(O)Cn1nc(C)c(C)c1C. The van der Waals surface area contributed by atoms with Crippen LogP contribution in [-0.2, 0) is 6.54 Å². The Kier molecular flexibility index (Phi) is 4.01. The first-order valence-electron chi connectivity index (χ1n) is 4.74. The Hall–Kier alpha value is -0.480. The van der Waals surface area contributed by atoms with Gasteiger partial charge in [0.15, 0.2) is 0 Å². The van der Waals surface area contributed by atoms with E-state index in [4.69, 9.17) is 0 Å². The first-order valence-corrected chi connectivity index (χ1v) is 6.13. The van der Waals surface area contributed by atoms with Crippen LogP contribution in [0.25, 0.3) is 0 Å². The van der Waals surface area contributed by atoms with E-state index in [2.05, 4.69) is 12.0 Å². The van der Waals surface area contributed by atoms with E-state index in [-0.39, 0.29) is 6.10 Å². The molecule has 1 unspecified atom stereocenters. The van der Waals surface area contributed by atoms with Gasteiger partial charge in [0.25, 0.3) is 0 Å². The van der Waals surface area contributed by atoms with Gasteiger partial charge in [-0.2, -0.15) is 16.9 Å². The summed E-state index contributed by atoms with van der Waals surface area (Å²) in [5.41, 5.74) is 3.43. The second kappa shape index (κ2) is 4.84. The fourth-order valence-electron chi connectivity index (χ4n) is 1.41. The van der Waals surface area contributed by atoms with Crippen molar-refractivity contribution in [2.24, 2.45) is 0 Å². The minimum absolute atomic E-state index is 0.303. The molecule has 1 aromatic rings. The van der Waals surface area contributed by atoms with E-state index in [0.717, 1.165) is 17.1 Å². The van der Waals surface area contributed by atoms with Crippen molar-refractivity contribution in [2.45, 2.75) is 33.4 Å². The zero-order valence-corrected chi connectivity index (χ0v) is 10.1. The normalized spacial score (nSPS) is 13.2. The lowest BCUT2D eigenvalue weighted by Gasteiger charge is -2.10. The molecule has 0 bridgehead atoms. The second-order valence-electron chi connectivity index (χ2n) is 3.59. The molecule has 0 radical (unpaired) electrons. The summed E-state index contributed by atoms with van der Waals surface area (Å²) in [5.74, 6) is 0.761. The number of aryl methyl sites for hydroxylation is 1. The number of aromatic nitrogens is 2. The van der Waals surface area contributed by atoms with Crippen molar-refractivity contribution in [3.05, 3.63) is 17.0 Å². The molecule has 0 aliphatic heterocycles. The fourth-order valence-corrected chi connectivity index (χ4v) is 1.90. The number of aliphatic hydroxyl groups excluding tert-OH is 1. The minimum Gasteiger partial charge on any atom is -0.390 e. The zero-order chi connectivity index (χ0) is 10.7. The van der Waals surface area contributed by atoms with Crippen molar-refractivity contribution in [3.63, 3.8) is 0 Å². The second-order valence-corrected chi connectivity index (χ2v) is 4.50. The summed E-state index contributed by atoms with van der Waals surface area (Å²) in [6.07, 6.45) is 1.69. The molecule has 1 N–H and O–H groups in total. The van der Waals surface area contributed by atoms with Gasteiger partial charge in [-0.25, -0.2) is 0 Å². The summed E-state index contributed by atoms with van der Waals surface area (Å²) in [6, 6.07) is 0. The minimum atomic E-state index is -0.303. The van der Waals surface area contributed by atoms with E-state index in [1.807, 2.05) is 24.8 Å². The highest BCUT2D eigenvalue weighted by molar-refractivity contribution is 7.98. The molecule has 0 aliphatic rings.